The minimum Gasteiger partial charge on any atom is -0.382 e. The number of halogens is 1. The maximum atomic E-state index is 15.0. The van der Waals surface area contributed by atoms with E-state index >= 15 is 4.39 Å². The summed E-state index contributed by atoms with van der Waals surface area (Å²) in [7, 11) is 0. The molecular weight excluding hydrogens is 439 g/mol. The lowest BCUT2D eigenvalue weighted by Gasteiger charge is -2.11. The van der Waals surface area contributed by atoms with Gasteiger partial charge >= 0.3 is 6.03 Å². The van der Waals surface area contributed by atoms with E-state index in [2.05, 4.69) is 31.0 Å². The van der Waals surface area contributed by atoms with Crippen molar-refractivity contribution in [3.8, 4) is 11.1 Å². The fourth-order valence-electron chi connectivity index (χ4n) is 3.64. The predicted molar refractivity (Wildman–Crippen MR) is 125 cm³/mol. The number of rotatable bonds is 5. The van der Waals surface area contributed by atoms with Crippen LogP contribution in [0.15, 0.2) is 48.9 Å². The quantitative estimate of drug-likeness (QED) is 0.360. The number of amides is 3. The maximum absolute atomic E-state index is 15.0. The number of nitrogens with two attached hydrogens (primary N) is 1. The van der Waals surface area contributed by atoms with Crippen LogP contribution in [0.3, 0.4) is 0 Å². The maximum Gasteiger partial charge on any atom is 0.324 e. The van der Waals surface area contributed by atoms with Gasteiger partial charge in [-0.1, -0.05) is 12.1 Å². The topological polar surface area (TPSA) is 139 Å². The Morgan fingerprint density at radius 2 is 2.00 bits per heavy atom. The number of urea groups is 1. The highest BCUT2D eigenvalue weighted by atomic mass is 19.1. The van der Waals surface area contributed by atoms with Gasteiger partial charge in [-0.15, -0.1) is 0 Å². The number of carbonyl (C=O) groups is 2. The van der Waals surface area contributed by atoms with Gasteiger partial charge in [-0.05, 0) is 49.6 Å². The van der Waals surface area contributed by atoms with E-state index in [1.54, 1.807) is 37.4 Å². The van der Waals surface area contributed by atoms with Crippen LogP contribution in [-0.4, -0.2) is 37.6 Å². The van der Waals surface area contributed by atoms with Crippen molar-refractivity contribution in [2.45, 2.75) is 25.8 Å². The third-order valence-electron chi connectivity index (χ3n) is 5.40. The van der Waals surface area contributed by atoms with Gasteiger partial charge < -0.3 is 16.4 Å². The van der Waals surface area contributed by atoms with Gasteiger partial charge in [-0.2, -0.15) is 5.10 Å². The molecule has 172 valence electrons. The number of carbonyl (C=O) groups excluding carboxylic acids is 2. The van der Waals surface area contributed by atoms with Gasteiger partial charge in [-0.25, -0.2) is 23.7 Å². The lowest BCUT2D eigenvalue weighted by molar-refractivity contribution is 0.0951. The molecule has 1 aliphatic rings. The first-order valence-corrected chi connectivity index (χ1v) is 10.6. The number of hydrogen-bond donors (Lipinski definition) is 4. The van der Waals surface area contributed by atoms with Gasteiger partial charge in [-0.3, -0.25) is 10.1 Å². The third kappa shape index (κ3) is 4.22. The number of nitrogens with zero attached hydrogens (tertiary/aromatic N) is 4. The summed E-state index contributed by atoms with van der Waals surface area (Å²) in [6, 6.07) is 8.92. The number of nitrogens with one attached hydrogen (secondary N) is 3. The molecule has 5 N–H and O–H groups in total. The Morgan fingerprint density at radius 3 is 2.74 bits per heavy atom. The number of aromatic nitrogens is 4. The molecule has 0 aliphatic heterocycles. The minimum absolute atomic E-state index is 0.0365. The summed E-state index contributed by atoms with van der Waals surface area (Å²) in [4.78, 5) is 33.4. The third-order valence-corrected chi connectivity index (χ3v) is 5.40. The molecule has 1 saturated carbocycles. The first kappa shape index (κ1) is 21.3. The van der Waals surface area contributed by atoms with Gasteiger partial charge in [0.05, 0.1) is 11.3 Å². The molecule has 1 aromatic carbocycles. The van der Waals surface area contributed by atoms with E-state index in [1.807, 2.05) is 0 Å². The van der Waals surface area contributed by atoms with Crippen molar-refractivity contribution in [2.75, 3.05) is 16.4 Å². The van der Waals surface area contributed by atoms with Crippen LogP contribution in [0, 0.1) is 12.7 Å². The lowest BCUT2D eigenvalue weighted by Crippen LogP contribution is -2.25. The highest BCUT2D eigenvalue weighted by Gasteiger charge is 2.28. The lowest BCUT2D eigenvalue weighted by atomic mass is 10.0. The number of benzene rings is 1. The zero-order valence-corrected chi connectivity index (χ0v) is 18.2. The zero-order valence-electron chi connectivity index (χ0n) is 18.2. The number of nitrogen functional groups attached to an aromatic ring is 1. The van der Waals surface area contributed by atoms with Gasteiger partial charge in [0.25, 0.3) is 5.91 Å². The smallest absolute Gasteiger partial charge is 0.324 e. The Kier molecular flexibility index (Phi) is 5.28. The minimum atomic E-state index is -0.687. The van der Waals surface area contributed by atoms with Crippen LogP contribution in [-0.2, 0) is 0 Å². The molecule has 4 aromatic rings. The summed E-state index contributed by atoms with van der Waals surface area (Å²) in [5, 5.41) is 12.1. The Hall–Kier alpha value is -4.54. The summed E-state index contributed by atoms with van der Waals surface area (Å²) in [6.07, 6.45) is 4.67. The Morgan fingerprint density at radius 1 is 1.18 bits per heavy atom. The van der Waals surface area contributed by atoms with Crippen molar-refractivity contribution in [2.24, 2.45) is 0 Å². The fraction of sp³-hybridized carbons (Fsp3) is 0.174. The van der Waals surface area contributed by atoms with Crippen LogP contribution >= 0.6 is 0 Å². The molecule has 5 rings (SSSR count). The average molecular weight is 460 g/mol. The number of aryl methyl sites for hydroxylation is 1. The van der Waals surface area contributed by atoms with E-state index in [9.17, 15) is 9.59 Å². The molecule has 0 spiro atoms. The van der Waals surface area contributed by atoms with Crippen LogP contribution in [0.5, 0.6) is 0 Å². The summed E-state index contributed by atoms with van der Waals surface area (Å²) < 4.78 is 16.5. The monoisotopic (exact) mass is 460 g/mol. The van der Waals surface area contributed by atoms with Gasteiger partial charge in [0.15, 0.2) is 5.82 Å². The molecule has 3 aromatic heterocycles. The van der Waals surface area contributed by atoms with Crippen LogP contribution in [0.4, 0.5) is 26.5 Å². The highest BCUT2D eigenvalue weighted by molar-refractivity contribution is 6.07. The zero-order chi connectivity index (χ0) is 23.8. The Bertz CT molecular complexity index is 1430. The SMILES string of the molecule is Cc1cccc(NC(=O)Nc2ccc(-c3c(C(=O)NC4CC4)cn4ncnc(N)c34)cc2F)n1. The van der Waals surface area contributed by atoms with Crippen LogP contribution in [0.25, 0.3) is 16.6 Å². The van der Waals surface area contributed by atoms with Crippen molar-refractivity contribution in [1.29, 1.82) is 0 Å². The van der Waals surface area contributed by atoms with Crippen molar-refractivity contribution < 1.29 is 14.0 Å². The molecule has 10 nitrogen and oxygen atoms in total. The van der Waals surface area contributed by atoms with Gasteiger partial charge in [0.2, 0.25) is 0 Å². The molecule has 3 amide bonds. The predicted octanol–water partition coefficient (Wildman–Crippen LogP) is 3.36. The normalized spacial score (nSPS) is 13.0. The van der Waals surface area contributed by atoms with E-state index in [1.165, 1.54) is 23.0 Å². The van der Waals surface area contributed by atoms with Gasteiger partial charge in [0, 0.05) is 23.5 Å². The molecule has 1 aliphatic carbocycles. The molecule has 0 saturated heterocycles. The summed E-state index contributed by atoms with van der Waals surface area (Å²) in [6.45, 7) is 1.80. The van der Waals surface area contributed by atoms with E-state index in [-0.39, 0.29) is 23.5 Å². The second kappa shape index (κ2) is 8.43. The van der Waals surface area contributed by atoms with Crippen LogP contribution < -0.4 is 21.7 Å². The van der Waals surface area contributed by atoms with Gasteiger partial charge in [0.1, 0.15) is 23.5 Å². The molecule has 0 radical (unpaired) electrons. The van der Waals surface area contributed by atoms with Crippen molar-refractivity contribution in [3.63, 3.8) is 0 Å². The molecule has 1 fully saturated rings. The van der Waals surface area contributed by atoms with E-state index in [4.69, 9.17) is 5.73 Å². The molecule has 34 heavy (non-hydrogen) atoms. The van der Waals surface area contributed by atoms with Crippen molar-refractivity contribution >= 4 is 34.8 Å². The summed E-state index contributed by atoms with van der Waals surface area (Å²) in [5.74, 6) is -0.483. The van der Waals surface area contributed by atoms with Crippen molar-refractivity contribution in [1.82, 2.24) is 24.9 Å². The largest absolute Gasteiger partial charge is 0.382 e. The second-order valence-electron chi connectivity index (χ2n) is 8.04. The number of anilines is 3. The molecule has 0 unspecified atom stereocenters. The second-order valence-corrected chi connectivity index (χ2v) is 8.04. The van der Waals surface area contributed by atoms with Crippen LogP contribution in [0.1, 0.15) is 28.9 Å². The molecule has 0 bridgehead atoms. The number of hydrogen-bond acceptors (Lipinski definition) is 6. The Labute approximate surface area is 193 Å². The first-order valence-electron chi connectivity index (χ1n) is 10.6. The molecule has 0 atom stereocenters. The standard InChI is InChI=1S/C23H21FN8O2/c1-12-3-2-4-18(28-12)31-23(34)30-17-8-5-13(9-16(17)24)19-15(22(33)29-14-6-7-14)10-32-20(19)21(25)26-11-27-32/h2-5,8-11,14H,6-7H2,1H3,(H,29,33)(H2,25,26,27)(H2,28,30,31,34). The van der Waals surface area contributed by atoms with E-state index in [0.717, 1.165) is 18.5 Å². The van der Waals surface area contributed by atoms with Crippen molar-refractivity contribution in [3.05, 3.63) is 66.0 Å². The summed E-state index contributed by atoms with van der Waals surface area (Å²) >= 11 is 0. The van der Waals surface area contributed by atoms with E-state index in [0.29, 0.717) is 28.0 Å². The molecule has 11 heteroatoms. The average Bonchev–Trinajstić information content (AvgIpc) is 3.51. The summed E-state index contributed by atoms with van der Waals surface area (Å²) in [5.41, 5.74) is 8.28. The van der Waals surface area contributed by atoms with Crippen LogP contribution in [0.2, 0.25) is 0 Å². The highest BCUT2D eigenvalue weighted by Crippen LogP contribution is 2.34. The fourth-order valence-corrected chi connectivity index (χ4v) is 3.64. The Balaban J connectivity index is 1.46. The number of pyridine rings is 1. The molecule has 3 heterocycles. The molecular formula is C23H21FN8O2. The number of fused-ring (bicyclic) bond motifs is 1. The van der Waals surface area contributed by atoms with E-state index < -0.39 is 11.8 Å². The first-order chi connectivity index (χ1) is 16.4.